The highest BCUT2D eigenvalue weighted by molar-refractivity contribution is 6.34. The SMILES string of the molecule is Cc1c(F)ccc(N2CCN(CCC/C=C/c3ccc4c(n3)NC(=O)CC4)CC2)c1Cl. The van der Waals surface area contributed by atoms with Gasteiger partial charge in [0.15, 0.2) is 0 Å². The minimum atomic E-state index is -0.254. The third-order valence-corrected chi connectivity index (χ3v) is 6.50. The second kappa shape index (κ2) is 9.79. The van der Waals surface area contributed by atoms with E-state index >= 15 is 0 Å². The fraction of sp³-hybridized carbons (Fsp3) is 0.417. The van der Waals surface area contributed by atoms with Crippen LogP contribution in [0.15, 0.2) is 30.3 Å². The van der Waals surface area contributed by atoms with Crippen LogP contribution in [0.1, 0.15) is 36.1 Å². The lowest BCUT2D eigenvalue weighted by atomic mass is 10.1. The molecular formula is C24H28ClFN4O. The molecule has 1 aromatic carbocycles. The lowest BCUT2D eigenvalue weighted by molar-refractivity contribution is -0.116. The minimum absolute atomic E-state index is 0.0399. The lowest BCUT2D eigenvalue weighted by Gasteiger charge is -2.36. The van der Waals surface area contributed by atoms with Crippen molar-refractivity contribution in [3.63, 3.8) is 0 Å². The van der Waals surface area contributed by atoms with Crippen LogP contribution in [0.5, 0.6) is 0 Å². The van der Waals surface area contributed by atoms with Gasteiger partial charge in [-0.25, -0.2) is 9.37 Å². The van der Waals surface area contributed by atoms with Crippen LogP contribution in [-0.4, -0.2) is 48.5 Å². The number of aromatic nitrogens is 1. The van der Waals surface area contributed by atoms with Gasteiger partial charge in [-0.2, -0.15) is 0 Å². The number of fused-ring (bicyclic) bond motifs is 1. The van der Waals surface area contributed by atoms with Crippen molar-refractivity contribution in [2.24, 2.45) is 0 Å². The number of halogens is 2. The van der Waals surface area contributed by atoms with E-state index in [2.05, 4.69) is 32.2 Å². The number of carbonyl (C=O) groups excluding carboxylic acids is 1. The van der Waals surface area contributed by atoms with Crippen molar-refractivity contribution in [3.05, 3.63) is 58.0 Å². The summed E-state index contributed by atoms with van der Waals surface area (Å²) in [5.41, 5.74) is 3.43. The van der Waals surface area contributed by atoms with E-state index in [0.717, 1.165) is 68.9 Å². The number of anilines is 2. The molecule has 7 heteroatoms. The van der Waals surface area contributed by atoms with Gasteiger partial charge in [-0.05, 0) is 62.6 Å². The smallest absolute Gasteiger partial charge is 0.225 e. The molecular weight excluding hydrogens is 415 g/mol. The quantitative estimate of drug-likeness (QED) is 0.660. The molecule has 0 spiro atoms. The molecule has 0 aliphatic carbocycles. The molecule has 3 heterocycles. The summed E-state index contributed by atoms with van der Waals surface area (Å²) in [5, 5.41) is 3.37. The van der Waals surface area contributed by atoms with E-state index < -0.39 is 0 Å². The van der Waals surface area contributed by atoms with Crippen molar-refractivity contribution in [1.29, 1.82) is 0 Å². The highest BCUT2D eigenvalue weighted by Gasteiger charge is 2.20. The largest absolute Gasteiger partial charge is 0.368 e. The third kappa shape index (κ3) is 5.25. The lowest BCUT2D eigenvalue weighted by Crippen LogP contribution is -2.46. The number of hydrogen-bond acceptors (Lipinski definition) is 4. The zero-order valence-corrected chi connectivity index (χ0v) is 18.6. The highest BCUT2D eigenvalue weighted by Crippen LogP contribution is 2.31. The van der Waals surface area contributed by atoms with Gasteiger partial charge in [-0.1, -0.05) is 23.7 Å². The topological polar surface area (TPSA) is 48.5 Å². The van der Waals surface area contributed by atoms with E-state index in [-0.39, 0.29) is 11.7 Å². The average molecular weight is 443 g/mol. The molecule has 0 radical (unpaired) electrons. The van der Waals surface area contributed by atoms with Gasteiger partial charge in [0.25, 0.3) is 0 Å². The van der Waals surface area contributed by atoms with Crippen molar-refractivity contribution < 1.29 is 9.18 Å². The second-order valence-electron chi connectivity index (χ2n) is 8.17. The summed E-state index contributed by atoms with van der Waals surface area (Å²) in [4.78, 5) is 20.8. The summed E-state index contributed by atoms with van der Waals surface area (Å²) >= 11 is 6.35. The average Bonchev–Trinajstić information content (AvgIpc) is 2.78. The van der Waals surface area contributed by atoms with Crippen LogP contribution in [0.25, 0.3) is 6.08 Å². The number of nitrogens with zero attached hydrogens (tertiary/aromatic N) is 3. The molecule has 164 valence electrons. The molecule has 5 nitrogen and oxygen atoms in total. The molecule has 4 rings (SSSR count). The molecule has 1 N–H and O–H groups in total. The fourth-order valence-electron chi connectivity index (χ4n) is 4.09. The monoisotopic (exact) mass is 442 g/mol. The number of hydrogen-bond donors (Lipinski definition) is 1. The predicted octanol–water partition coefficient (Wildman–Crippen LogP) is 4.68. The molecule has 0 bridgehead atoms. The maximum atomic E-state index is 13.7. The Morgan fingerprint density at radius 1 is 1.16 bits per heavy atom. The molecule has 1 saturated heterocycles. The second-order valence-corrected chi connectivity index (χ2v) is 8.55. The molecule has 31 heavy (non-hydrogen) atoms. The van der Waals surface area contributed by atoms with Crippen molar-refractivity contribution in [2.75, 3.05) is 42.9 Å². The zero-order valence-electron chi connectivity index (χ0n) is 17.8. The molecule has 0 saturated carbocycles. The van der Waals surface area contributed by atoms with Crippen LogP contribution in [0.4, 0.5) is 15.9 Å². The van der Waals surface area contributed by atoms with Gasteiger partial charge >= 0.3 is 0 Å². The maximum absolute atomic E-state index is 13.7. The van der Waals surface area contributed by atoms with Gasteiger partial charge in [0, 0.05) is 38.2 Å². The number of carbonyl (C=O) groups is 1. The number of unbranched alkanes of at least 4 members (excludes halogenated alkanes) is 1. The molecule has 0 unspecified atom stereocenters. The Morgan fingerprint density at radius 2 is 1.97 bits per heavy atom. The molecule has 2 aliphatic heterocycles. The van der Waals surface area contributed by atoms with E-state index in [0.29, 0.717) is 22.8 Å². The van der Waals surface area contributed by atoms with Gasteiger partial charge < -0.3 is 10.2 Å². The Bertz CT molecular complexity index is 986. The van der Waals surface area contributed by atoms with Crippen molar-refractivity contribution in [2.45, 2.75) is 32.6 Å². The number of nitrogens with one attached hydrogen (secondary N) is 1. The number of rotatable bonds is 6. The summed E-state index contributed by atoms with van der Waals surface area (Å²) in [5.74, 6) is 0.488. The first-order chi connectivity index (χ1) is 15.0. The van der Waals surface area contributed by atoms with Crippen molar-refractivity contribution >= 4 is 35.1 Å². The standard InChI is InChI=1S/C24H28ClFN4O/c1-17-20(26)9-10-21(23(17)25)30-15-13-29(14-16-30)12-4-2-3-5-19-8-6-18-7-11-22(31)28-24(18)27-19/h3,5-6,8-10H,2,4,7,11-16H2,1H3,(H,27,28,31)/b5-3+. The molecule has 0 atom stereocenters. The third-order valence-electron chi connectivity index (χ3n) is 6.03. The summed E-state index contributed by atoms with van der Waals surface area (Å²) in [6.45, 7) is 6.50. The number of amides is 1. The van der Waals surface area contributed by atoms with Crippen LogP contribution in [-0.2, 0) is 11.2 Å². The van der Waals surface area contributed by atoms with Gasteiger partial charge in [0.1, 0.15) is 11.6 Å². The molecule has 1 fully saturated rings. The predicted molar refractivity (Wildman–Crippen MR) is 124 cm³/mol. The number of pyridine rings is 1. The van der Waals surface area contributed by atoms with Gasteiger partial charge in [0.2, 0.25) is 5.91 Å². The highest BCUT2D eigenvalue weighted by atomic mass is 35.5. The summed E-state index contributed by atoms with van der Waals surface area (Å²) in [7, 11) is 0. The molecule has 1 amide bonds. The number of benzene rings is 1. The summed E-state index contributed by atoms with van der Waals surface area (Å²) in [6.07, 6.45) is 7.53. The van der Waals surface area contributed by atoms with Crippen LogP contribution in [0.2, 0.25) is 5.02 Å². The molecule has 2 aliphatic rings. The Morgan fingerprint density at radius 3 is 2.77 bits per heavy atom. The number of allylic oxidation sites excluding steroid dienone is 1. The minimum Gasteiger partial charge on any atom is -0.368 e. The number of aryl methyl sites for hydroxylation is 1. The van der Waals surface area contributed by atoms with E-state index in [1.165, 1.54) is 6.07 Å². The summed E-state index contributed by atoms with van der Waals surface area (Å²) < 4.78 is 13.7. The Hall–Kier alpha value is -2.44. The van der Waals surface area contributed by atoms with Crippen LogP contribution in [0.3, 0.4) is 0 Å². The first kappa shape index (κ1) is 21.8. The zero-order chi connectivity index (χ0) is 21.8. The van der Waals surface area contributed by atoms with Crippen molar-refractivity contribution in [1.82, 2.24) is 9.88 Å². The van der Waals surface area contributed by atoms with E-state index in [1.54, 1.807) is 13.0 Å². The Labute approximate surface area is 187 Å². The molecule has 1 aromatic heterocycles. The van der Waals surface area contributed by atoms with Crippen molar-refractivity contribution in [3.8, 4) is 0 Å². The fourth-order valence-corrected chi connectivity index (χ4v) is 4.36. The van der Waals surface area contributed by atoms with Gasteiger partial charge in [0.05, 0.1) is 16.4 Å². The first-order valence-electron chi connectivity index (χ1n) is 10.9. The maximum Gasteiger partial charge on any atom is 0.225 e. The summed E-state index contributed by atoms with van der Waals surface area (Å²) in [6, 6.07) is 7.34. The number of piperazine rings is 1. The van der Waals surface area contributed by atoms with Gasteiger partial charge in [-0.3, -0.25) is 9.69 Å². The van der Waals surface area contributed by atoms with E-state index in [1.807, 2.05) is 12.1 Å². The first-order valence-corrected chi connectivity index (χ1v) is 11.3. The van der Waals surface area contributed by atoms with E-state index in [4.69, 9.17) is 11.6 Å². The Balaban J connectivity index is 1.21. The van der Waals surface area contributed by atoms with Crippen LogP contribution < -0.4 is 10.2 Å². The Kier molecular flexibility index (Phi) is 6.88. The van der Waals surface area contributed by atoms with Gasteiger partial charge in [-0.15, -0.1) is 0 Å². The van der Waals surface area contributed by atoms with E-state index in [9.17, 15) is 9.18 Å². The normalized spacial score (nSPS) is 17.1. The van der Waals surface area contributed by atoms with Crippen LogP contribution >= 0.6 is 11.6 Å². The molecule has 2 aromatic rings. The van der Waals surface area contributed by atoms with Crippen LogP contribution in [0, 0.1) is 12.7 Å².